The average molecular weight is 350 g/mol. The first-order valence-corrected chi connectivity index (χ1v) is 8.18. The summed E-state index contributed by atoms with van der Waals surface area (Å²) >= 11 is 3.27. The number of sulfonamides is 1. The lowest BCUT2D eigenvalue weighted by Gasteiger charge is -2.36. The monoisotopic (exact) mass is 349 g/mol. The molecule has 19 heavy (non-hydrogen) atoms. The Kier molecular flexibility index (Phi) is 4.62. The highest BCUT2D eigenvalue weighted by Crippen LogP contribution is 2.24. The van der Waals surface area contributed by atoms with Crippen LogP contribution in [0.15, 0.2) is 33.6 Å². The van der Waals surface area contributed by atoms with Crippen molar-refractivity contribution in [3.63, 3.8) is 0 Å². The molecule has 7 heteroatoms. The molecule has 0 aliphatic carbocycles. The second kappa shape index (κ2) is 5.88. The van der Waals surface area contributed by atoms with Crippen LogP contribution in [-0.2, 0) is 14.8 Å². The maximum Gasteiger partial charge on any atom is 0.243 e. The van der Waals surface area contributed by atoms with E-state index in [1.54, 1.807) is 31.2 Å². The molecule has 1 fully saturated rings. The summed E-state index contributed by atoms with van der Waals surface area (Å²) in [7, 11) is -3.56. The summed E-state index contributed by atoms with van der Waals surface area (Å²) in [5.74, 6) is 0. The van der Waals surface area contributed by atoms with Crippen LogP contribution in [-0.4, -0.2) is 49.7 Å². The van der Waals surface area contributed by atoms with Crippen LogP contribution >= 0.6 is 15.9 Å². The SMILES string of the molecule is CC1COC(CO)CN1S(=O)(=O)c1cccc(Br)c1. The quantitative estimate of drug-likeness (QED) is 0.890. The van der Waals surface area contributed by atoms with E-state index >= 15 is 0 Å². The van der Waals surface area contributed by atoms with Gasteiger partial charge in [0.05, 0.1) is 24.2 Å². The van der Waals surface area contributed by atoms with E-state index in [9.17, 15) is 8.42 Å². The highest BCUT2D eigenvalue weighted by atomic mass is 79.9. The Balaban J connectivity index is 2.32. The summed E-state index contributed by atoms with van der Waals surface area (Å²) in [5.41, 5.74) is 0. The van der Waals surface area contributed by atoms with Crippen LogP contribution in [0, 0.1) is 0 Å². The van der Waals surface area contributed by atoms with Crippen molar-refractivity contribution in [2.24, 2.45) is 0 Å². The van der Waals surface area contributed by atoms with Gasteiger partial charge in [-0.05, 0) is 25.1 Å². The molecule has 1 saturated heterocycles. The number of hydrogen-bond donors (Lipinski definition) is 1. The molecule has 0 aromatic heterocycles. The van der Waals surface area contributed by atoms with Crippen molar-refractivity contribution in [1.29, 1.82) is 0 Å². The van der Waals surface area contributed by atoms with Gasteiger partial charge in [-0.1, -0.05) is 22.0 Å². The summed E-state index contributed by atoms with van der Waals surface area (Å²) in [5, 5.41) is 9.12. The molecule has 0 amide bonds. The Bertz CT molecular complexity index is 548. The molecule has 1 aliphatic heterocycles. The second-order valence-corrected chi connectivity index (χ2v) is 7.33. The molecule has 0 bridgehead atoms. The van der Waals surface area contributed by atoms with Gasteiger partial charge in [0.1, 0.15) is 0 Å². The van der Waals surface area contributed by atoms with E-state index in [1.807, 2.05) is 0 Å². The fourth-order valence-corrected chi connectivity index (χ4v) is 4.25. The molecule has 0 saturated carbocycles. The highest BCUT2D eigenvalue weighted by molar-refractivity contribution is 9.10. The molecule has 2 rings (SSSR count). The van der Waals surface area contributed by atoms with E-state index in [-0.39, 0.29) is 24.1 Å². The maximum atomic E-state index is 12.6. The third-order valence-corrected chi connectivity index (χ3v) is 5.52. The number of aliphatic hydroxyl groups is 1. The second-order valence-electron chi connectivity index (χ2n) is 4.52. The number of nitrogens with zero attached hydrogens (tertiary/aromatic N) is 1. The standard InChI is InChI=1S/C12H16BrNO4S/c1-9-8-18-11(7-15)6-14(9)19(16,17)12-4-2-3-10(13)5-12/h2-5,9,11,15H,6-8H2,1H3. The maximum absolute atomic E-state index is 12.6. The number of rotatable bonds is 3. The molecule has 2 unspecified atom stereocenters. The Hall–Kier alpha value is -0.470. The van der Waals surface area contributed by atoms with Crippen molar-refractivity contribution >= 4 is 26.0 Å². The normalized spacial score (nSPS) is 25.4. The number of morpholine rings is 1. The van der Waals surface area contributed by atoms with Gasteiger partial charge in [0.2, 0.25) is 10.0 Å². The molecular weight excluding hydrogens is 334 g/mol. The zero-order chi connectivity index (χ0) is 14.0. The number of benzene rings is 1. The zero-order valence-corrected chi connectivity index (χ0v) is 12.9. The highest BCUT2D eigenvalue weighted by Gasteiger charge is 2.35. The van der Waals surface area contributed by atoms with Gasteiger partial charge >= 0.3 is 0 Å². The first-order chi connectivity index (χ1) is 8.95. The topological polar surface area (TPSA) is 66.8 Å². The molecule has 1 aromatic carbocycles. The van der Waals surface area contributed by atoms with E-state index in [0.717, 1.165) is 0 Å². The minimum absolute atomic E-state index is 0.173. The van der Waals surface area contributed by atoms with Gasteiger partial charge in [-0.2, -0.15) is 4.31 Å². The van der Waals surface area contributed by atoms with Crippen molar-refractivity contribution in [2.75, 3.05) is 19.8 Å². The fourth-order valence-electron chi connectivity index (χ4n) is 2.00. The molecule has 1 N–H and O–H groups in total. The van der Waals surface area contributed by atoms with Gasteiger partial charge in [0.25, 0.3) is 0 Å². The van der Waals surface area contributed by atoms with Crippen molar-refractivity contribution in [3.05, 3.63) is 28.7 Å². The van der Waals surface area contributed by atoms with E-state index in [0.29, 0.717) is 11.1 Å². The van der Waals surface area contributed by atoms with Crippen molar-refractivity contribution in [3.8, 4) is 0 Å². The molecule has 1 aliphatic rings. The van der Waals surface area contributed by atoms with Crippen LogP contribution in [0.3, 0.4) is 0 Å². The molecular formula is C12H16BrNO4S. The lowest BCUT2D eigenvalue weighted by molar-refractivity contribution is -0.0516. The predicted molar refractivity (Wildman–Crippen MR) is 74.3 cm³/mol. The molecule has 106 valence electrons. The lowest BCUT2D eigenvalue weighted by Crippen LogP contribution is -2.51. The minimum atomic E-state index is -3.56. The number of hydrogen-bond acceptors (Lipinski definition) is 4. The van der Waals surface area contributed by atoms with E-state index in [2.05, 4.69) is 15.9 Å². The Morgan fingerprint density at radius 3 is 2.89 bits per heavy atom. The van der Waals surface area contributed by atoms with Crippen LogP contribution in [0.25, 0.3) is 0 Å². The smallest absolute Gasteiger partial charge is 0.243 e. The summed E-state index contributed by atoms with van der Waals surface area (Å²) in [4.78, 5) is 0.243. The van der Waals surface area contributed by atoms with Crippen LogP contribution in [0.1, 0.15) is 6.92 Å². The summed E-state index contributed by atoms with van der Waals surface area (Å²) in [6.45, 7) is 2.07. The average Bonchev–Trinajstić information content (AvgIpc) is 2.39. The lowest BCUT2D eigenvalue weighted by atomic mass is 10.2. The number of aliphatic hydroxyl groups excluding tert-OH is 1. The van der Waals surface area contributed by atoms with Gasteiger partial charge in [-0.25, -0.2) is 8.42 Å². The Morgan fingerprint density at radius 2 is 2.26 bits per heavy atom. The summed E-state index contributed by atoms with van der Waals surface area (Å²) < 4.78 is 32.6. The predicted octanol–water partition coefficient (Wildman–Crippen LogP) is 1.22. The van der Waals surface area contributed by atoms with Crippen molar-refractivity contribution < 1.29 is 18.3 Å². The molecule has 0 radical (unpaired) electrons. The van der Waals surface area contributed by atoms with Crippen LogP contribution < -0.4 is 0 Å². The molecule has 1 heterocycles. The first kappa shape index (κ1) is 14.9. The molecule has 5 nitrogen and oxygen atoms in total. The van der Waals surface area contributed by atoms with Crippen molar-refractivity contribution in [1.82, 2.24) is 4.31 Å². The van der Waals surface area contributed by atoms with Crippen molar-refractivity contribution in [2.45, 2.75) is 24.0 Å². The van der Waals surface area contributed by atoms with Gasteiger partial charge in [-0.15, -0.1) is 0 Å². The minimum Gasteiger partial charge on any atom is -0.394 e. The summed E-state index contributed by atoms with van der Waals surface area (Å²) in [6.07, 6.45) is -0.460. The van der Waals surface area contributed by atoms with Gasteiger partial charge in [-0.3, -0.25) is 0 Å². The van der Waals surface area contributed by atoms with E-state index < -0.39 is 16.1 Å². The third kappa shape index (κ3) is 3.17. The van der Waals surface area contributed by atoms with E-state index in [4.69, 9.17) is 9.84 Å². The molecule has 1 aromatic rings. The first-order valence-electron chi connectivity index (χ1n) is 5.95. The van der Waals surface area contributed by atoms with Crippen LogP contribution in [0.2, 0.25) is 0 Å². The number of halogens is 1. The number of ether oxygens (including phenoxy) is 1. The van der Waals surface area contributed by atoms with Gasteiger partial charge < -0.3 is 9.84 Å². The van der Waals surface area contributed by atoms with Crippen LogP contribution in [0.4, 0.5) is 0 Å². The molecule has 2 atom stereocenters. The van der Waals surface area contributed by atoms with Gasteiger partial charge in [0.15, 0.2) is 0 Å². The van der Waals surface area contributed by atoms with Gasteiger partial charge in [0, 0.05) is 17.1 Å². The fraction of sp³-hybridized carbons (Fsp3) is 0.500. The summed E-state index contributed by atoms with van der Waals surface area (Å²) in [6, 6.07) is 6.36. The van der Waals surface area contributed by atoms with E-state index in [1.165, 1.54) is 4.31 Å². The Morgan fingerprint density at radius 1 is 1.53 bits per heavy atom. The van der Waals surface area contributed by atoms with Crippen LogP contribution in [0.5, 0.6) is 0 Å². The molecule has 0 spiro atoms. The largest absolute Gasteiger partial charge is 0.394 e. The third-order valence-electron chi connectivity index (χ3n) is 3.05. The zero-order valence-electron chi connectivity index (χ0n) is 10.5. The Labute approximate surface area is 121 Å².